The van der Waals surface area contributed by atoms with Crippen LogP contribution < -0.4 is 11.1 Å². The van der Waals surface area contributed by atoms with Crippen LogP contribution in [0, 0.1) is 5.82 Å². The monoisotopic (exact) mass is 265 g/mol. The molecular formula is C12H9ClFN3O. The van der Waals surface area contributed by atoms with Crippen LogP contribution >= 0.6 is 11.6 Å². The van der Waals surface area contributed by atoms with E-state index < -0.39 is 11.7 Å². The zero-order chi connectivity index (χ0) is 13.1. The molecule has 0 atom stereocenters. The molecule has 0 saturated heterocycles. The first-order chi connectivity index (χ1) is 8.56. The lowest BCUT2D eigenvalue weighted by Gasteiger charge is -2.07. The fraction of sp³-hybridized carbons (Fsp3) is 0. The summed E-state index contributed by atoms with van der Waals surface area (Å²) in [5.74, 6) is -0.922. The lowest BCUT2D eigenvalue weighted by Crippen LogP contribution is -2.14. The Morgan fingerprint density at radius 1 is 1.33 bits per heavy atom. The van der Waals surface area contributed by atoms with Crippen LogP contribution in [-0.4, -0.2) is 10.9 Å². The van der Waals surface area contributed by atoms with Gasteiger partial charge in [0, 0.05) is 5.69 Å². The highest BCUT2D eigenvalue weighted by Crippen LogP contribution is 2.16. The first kappa shape index (κ1) is 12.3. The lowest BCUT2D eigenvalue weighted by molar-refractivity contribution is 0.102. The number of aromatic nitrogens is 1. The quantitative estimate of drug-likeness (QED) is 0.648. The second-order valence-electron chi connectivity index (χ2n) is 3.56. The zero-order valence-corrected chi connectivity index (χ0v) is 9.91. The molecule has 1 aromatic heterocycles. The number of halogens is 2. The second-order valence-corrected chi connectivity index (χ2v) is 3.94. The van der Waals surface area contributed by atoms with E-state index in [4.69, 9.17) is 17.3 Å². The first-order valence-electron chi connectivity index (χ1n) is 5.04. The second kappa shape index (κ2) is 5.01. The fourth-order valence-electron chi connectivity index (χ4n) is 1.39. The van der Waals surface area contributed by atoms with Crippen molar-refractivity contribution in [2.24, 2.45) is 0 Å². The number of hydrogen-bond donors (Lipinski definition) is 2. The Kier molecular flexibility index (Phi) is 3.43. The number of amides is 1. The van der Waals surface area contributed by atoms with Gasteiger partial charge in [0.25, 0.3) is 5.91 Å². The Morgan fingerprint density at radius 2 is 2.11 bits per heavy atom. The van der Waals surface area contributed by atoms with Crippen LogP contribution in [0.2, 0.25) is 5.15 Å². The SMILES string of the molecule is Nc1cc(F)ccc1C(=O)Nc1ccc(Cl)nc1. The van der Waals surface area contributed by atoms with Crippen LogP contribution in [0.15, 0.2) is 36.5 Å². The Morgan fingerprint density at radius 3 is 2.72 bits per heavy atom. The molecule has 1 heterocycles. The average molecular weight is 266 g/mol. The minimum absolute atomic E-state index is 0.0782. The normalized spacial score (nSPS) is 10.1. The Bertz CT molecular complexity index is 586. The highest BCUT2D eigenvalue weighted by atomic mass is 35.5. The van der Waals surface area contributed by atoms with Crippen LogP contribution in [0.5, 0.6) is 0 Å². The van der Waals surface area contributed by atoms with Crippen LogP contribution in [-0.2, 0) is 0 Å². The van der Waals surface area contributed by atoms with E-state index in [-0.39, 0.29) is 11.3 Å². The third-order valence-corrected chi connectivity index (χ3v) is 2.47. The number of nitrogens with two attached hydrogens (primary N) is 1. The van der Waals surface area contributed by atoms with Gasteiger partial charge in [-0.2, -0.15) is 0 Å². The zero-order valence-electron chi connectivity index (χ0n) is 9.15. The minimum Gasteiger partial charge on any atom is -0.398 e. The highest BCUT2D eigenvalue weighted by molar-refractivity contribution is 6.29. The van der Waals surface area contributed by atoms with Crippen molar-refractivity contribution >= 4 is 28.9 Å². The van der Waals surface area contributed by atoms with E-state index in [1.165, 1.54) is 18.3 Å². The molecule has 6 heteroatoms. The van der Waals surface area contributed by atoms with Gasteiger partial charge >= 0.3 is 0 Å². The summed E-state index contributed by atoms with van der Waals surface area (Å²) in [6.07, 6.45) is 1.42. The molecule has 0 fully saturated rings. The van der Waals surface area contributed by atoms with Gasteiger partial charge < -0.3 is 11.1 Å². The minimum atomic E-state index is -0.489. The predicted molar refractivity (Wildman–Crippen MR) is 68.0 cm³/mol. The molecule has 0 aliphatic heterocycles. The van der Waals surface area contributed by atoms with Gasteiger partial charge in [-0.3, -0.25) is 4.79 Å². The van der Waals surface area contributed by atoms with Gasteiger partial charge in [-0.15, -0.1) is 0 Å². The summed E-state index contributed by atoms with van der Waals surface area (Å²) in [5, 5.41) is 2.91. The molecule has 0 bridgehead atoms. The molecule has 0 aliphatic carbocycles. The van der Waals surface area contributed by atoms with Gasteiger partial charge in [-0.05, 0) is 30.3 Å². The van der Waals surface area contributed by atoms with E-state index >= 15 is 0 Å². The van der Waals surface area contributed by atoms with Gasteiger partial charge in [0.1, 0.15) is 11.0 Å². The Hall–Kier alpha value is -2.14. The molecule has 3 N–H and O–H groups in total. The molecule has 4 nitrogen and oxygen atoms in total. The fourth-order valence-corrected chi connectivity index (χ4v) is 1.50. The van der Waals surface area contributed by atoms with Crippen LogP contribution in [0.4, 0.5) is 15.8 Å². The molecule has 0 saturated carbocycles. The van der Waals surface area contributed by atoms with Gasteiger partial charge in [-0.1, -0.05) is 11.6 Å². The van der Waals surface area contributed by atoms with Gasteiger partial charge in [0.15, 0.2) is 0 Å². The van der Waals surface area contributed by atoms with Crippen molar-refractivity contribution in [1.82, 2.24) is 4.98 Å². The summed E-state index contributed by atoms with van der Waals surface area (Å²) in [6.45, 7) is 0. The smallest absolute Gasteiger partial charge is 0.257 e. The van der Waals surface area contributed by atoms with Crippen molar-refractivity contribution in [1.29, 1.82) is 0 Å². The molecule has 1 aromatic carbocycles. The number of anilines is 2. The third-order valence-electron chi connectivity index (χ3n) is 2.24. The van der Waals surface area contributed by atoms with Crippen molar-refractivity contribution in [3.05, 3.63) is 53.1 Å². The number of nitrogens with zero attached hydrogens (tertiary/aromatic N) is 1. The summed E-state index contributed by atoms with van der Waals surface area (Å²) >= 11 is 5.62. The highest BCUT2D eigenvalue weighted by Gasteiger charge is 2.10. The number of pyridine rings is 1. The van der Waals surface area contributed by atoms with Crippen molar-refractivity contribution in [3.8, 4) is 0 Å². The molecule has 92 valence electrons. The van der Waals surface area contributed by atoms with Gasteiger partial charge in [0.2, 0.25) is 0 Å². The summed E-state index contributed by atoms with van der Waals surface area (Å²) in [6, 6.07) is 6.74. The summed E-state index contributed by atoms with van der Waals surface area (Å²) < 4.78 is 12.8. The van der Waals surface area contributed by atoms with E-state index in [0.29, 0.717) is 10.8 Å². The molecule has 0 radical (unpaired) electrons. The maximum atomic E-state index is 12.8. The Labute approximate surface area is 108 Å². The predicted octanol–water partition coefficient (Wildman–Crippen LogP) is 2.71. The summed E-state index contributed by atoms with van der Waals surface area (Å²) in [4.78, 5) is 15.7. The number of nitrogen functional groups attached to an aromatic ring is 1. The largest absolute Gasteiger partial charge is 0.398 e. The summed E-state index contributed by atoms with van der Waals surface area (Å²) in [5.41, 5.74) is 6.32. The number of carbonyl (C=O) groups excluding carboxylic acids is 1. The third kappa shape index (κ3) is 2.75. The van der Waals surface area contributed by atoms with Crippen LogP contribution in [0.3, 0.4) is 0 Å². The van der Waals surface area contributed by atoms with Crippen LogP contribution in [0.1, 0.15) is 10.4 Å². The molecule has 0 aliphatic rings. The van der Waals surface area contributed by atoms with E-state index in [1.54, 1.807) is 12.1 Å². The molecular weight excluding hydrogens is 257 g/mol. The standard InChI is InChI=1S/C12H9ClFN3O/c13-11-4-2-8(6-16-11)17-12(18)9-3-1-7(14)5-10(9)15/h1-6H,15H2,(H,17,18). The number of benzene rings is 1. The molecule has 0 unspecified atom stereocenters. The maximum Gasteiger partial charge on any atom is 0.257 e. The number of rotatable bonds is 2. The first-order valence-corrected chi connectivity index (χ1v) is 5.42. The molecule has 18 heavy (non-hydrogen) atoms. The topological polar surface area (TPSA) is 68.0 Å². The van der Waals surface area contributed by atoms with Crippen molar-refractivity contribution in [2.75, 3.05) is 11.1 Å². The maximum absolute atomic E-state index is 12.8. The molecule has 1 amide bonds. The van der Waals surface area contributed by atoms with E-state index in [2.05, 4.69) is 10.3 Å². The average Bonchev–Trinajstić information content (AvgIpc) is 2.32. The van der Waals surface area contributed by atoms with E-state index in [9.17, 15) is 9.18 Å². The molecule has 2 rings (SSSR count). The Balaban J connectivity index is 2.19. The molecule has 2 aromatic rings. The van der Waals surface area contributed by atoms with Crippen molar-refractivity contribution < 1.29 is 9.18 Å². The number of nitrogens with one attached hydrogen (secondary N) is 1. The van der Waals surface area contributed by atoms with E-state index in [0.717, 1.165) is 6.07 Å². The van der Waals surface area contributed by atoms with Crippen molar-refractivity contribution in [3.63, 3.8) is 0 Å². The van der Waals surface area contributed by atoms with Crippen LogP contribution in [0.25, 0.3) is 0 Å². The molecule has 0 spiro atoms. The number of carbonyl (C=O) groups is 1. The number of hydrogen-bond acceptors (Lipinski definition) is 3. The van der Waals surface area contributed by atoms with Gasteiger partial charge in [0.05, 0.1) is 17.4 Å². The van der Waals surface area contributed by atoms with Crippen molar-refractivity contribution in [2.45, 2.75) is 0 Å². The van der Waals surface area contributed by atoms with E-state index in [1.807, 2.05) is 0 Å². The van der Waals surface area contributed by atoms with Gasteiger partial charge in [-0.25, -0.2) is 9.37 Å². The lowest BCUT2D eigenvalue weighted by atomic mass is 10.1. The summed E-state index contributed by atoms with van der Waals surface area (Å²) in [7, 11) is 0.